The van der Waals surface area contributed by atoms with Crippen LogP contribution in [0.2, 0.25) is 0 Å². The molecule has 4 heteroatoms. The third-order valence-corrected chi connectivity index (χ3v) is 4.27. The molecule has 0 radical (unpaired) electrons. The quantitative estimate of drug-likeness (QED) is 0.767. The molecule has 3 aromatic rings. The van der Waals surface area contributed by atoms with Crippen molar-refractivity contribution in [1.82, 2.24) is 4.90 Å². The molecule has 0 heterocycles. The molecule has 1 N–H and O–H groups in total. The number of likely N-dealkylation sites (N-methyl/N-ethyl adjacent to an activating group) is 1. The maximum Gasteiger partial charge on any atom is 0.228 e. The molecule has 3 rings (SSSR count). The van der Waals surface area contributed by atoms with Crippen molar-refractivity contribution < 1.29 is 9.59 Å². The third-order valence-electron chi connectivity index (χ3n) is 4.27. The van der Waals surface area contributed by atoms with E-state index in [0.29, 0.717) is 12.8 Å². The normalized spacial score (nSPS) is 10.5. The van der Waals surface area contributed by atoms with Crippen LogP contribution in [0.4, 0.5) is 5.69 Å². The molecule has 0 aromatic heterocycles. The zero-order valence-electron chi connectivity index (χ0n) is 15.0. The van der Waals surface area contributed by atoms with Crippen LogP contribution in [-0.2, 0) is 22.4 Å². The van der Waals surface area contributed by atoms with Crippen molar-refractivity contribution in [2.24, 2.45) is 0 Å². The Morgan fingerprint density at radius 3 is 2.15 bits per heavy atom. The summed E-state index contributed by atoms with van der Waals surface area (Å²) in [5.74, 6) is -0.00418. The van der Waals surface area contributed by atoms with Crippen molar-refractivity contribution >= 4 is 28.3 Å². The average molecular weight is 346 g/mol. The first kappa shape index (κ1) is 17.7. The monoisotopic (exact) mass is 346 g/mol. The van der Waals surface area contributed by atoms with Gasteiger partial charge < -0.3 is 10.2 Å². The largest absolute Gasteiger partial charge is 0.349 e. The molecule has 2 amide bonds. The van der Waals surface area contributed by atoms with Gasteiger partial charge in [-0.1, -0.05) is 54.6 Å². The minimum atomic E-state index is -0.0580. The zero-order chi connectivity index (χ0) is 18.5. The van der Waals surface area contributed by atoms with E-state index < -0.39 is 0 Å². The second-order valence-electron chi connectivity index (χ2n) is 6.57. The molecule has 0 aliphatic rings. The Morgan fingerprint density at radius 1 is 0.808 bits per heavy atom. The fourth-order valence-electron chi connectivity index (χ4n) is 2.78. The Morgan fingerprint density at radius 2 is 1.46 bits per heavy atom. The number of nitrogens with zero attached hydrogens (tertiary/aromatic N) is 1. The standard InChI is InChI=1S/C22H22N2O2/c1-24(2)22(26)15-16-8-11-20(12-9-16)23-21(25)14-17-7-10-18-5-3-4-6-19(18)13-17/h3-13H,14-15H2,1-2H3,(H,23,25). The molecule has 0 atom stereocenters. The SMILES string of the molecule is CN(C)C(=O)Cc1ccc(NC(=O)Cc2ccc3ccccc3c2)cc1. The number of hydrogen-bond donors (Lipinski definition) is 1. The molecule has 0 fully saturated rings. The number of hydrogen-bond acceptors (Lipinski definition) is 2. The molecule has 0 unspecified atom stereocenters. The Bertz CT molecular complexity index is 930. The summed E-state index contributed by atoms with van der Waals surface area (Å²) in [7, 11) is 3.48. The van der Waals surface area contributed by atoms with Crippen molar-refractivity contribution in [2.75, 3.05) is 19.4 Å². The fourth-order valence-corrected chi connectivity index (χ4v) is 2.78. The third kappa shape index (κ3) is 4.48. The molecule has 3 aromatic carbocycles. The summed E-state index contributed by atoms with van der Waals surface area (Å²) in [6, 6.07) is 21.6. The van der Waals surface area contributed by atoms with Gasteiger partial charge in [-0.05, 0) is 34.0 Å². The number of carbonyl (C=O) groups excluding carboxylic acids is 2. The molecule has 4 nitrogen and oxygen atoms in total. The van der Waals surface area contributed by atoms with Gasteiger partial charge in [0.25, 0.3) is 0 Å². The van der Waals surface area contributed by atoms with Gasteiger partial charge in [0.1, 0.15) is 0 Å². The lowest BCUT2D eigenvalue weighted by atomic mass is 10.0. The molecule has 0 spiro atoms. The van der Waals surface area contributed by atoms with E-state index in [1.807, 2.05) is 60.7 Å². The lowest BCUT2D eigenvalue weighted by molar-refractivity contribution is -0.128. The summed E-state index contributed by atoms with van der Waals surface area (Å²) in [5.41, 5.74) is 2.64. The first-order chi connectivity index (χ1) is 12.5. The molecule has 0 aliphatic heterocycles. The van der Waals surface area contributed by atoms with Gasteiger partial charge in [0.2, 0.25) is 11.8 Å². The van der Waals surface area contributed by atoms with Crippen LogP contribution < -0.4 is 5.32 Å². The topological polar surface area (TPSA) is 49.4 Å². The van der Waals surface area contributed by atoms with Crippen LogP contribution in [0.3, 0.4) is 0 Å². The Hall–Kier alpha value is -3.14. The summed E-state index contributed by atoms with van der Waals surface area (Å²) >= 11 is 0. The second-order valence-corrected chi connectivity index (χ2v) is 6.57. The number of fused-ring (bicyclic) bond motifs is 1. The summed E-state index contributed by atoms with van der Waals surface area (Å²) in [6.45, 7) is 0. The molecular formula is C22H22N2O2. The van der Waals surface area contributed by atoms with Crippen LogP contribution in [0.25, 0.3) is 10.8 Å². The van der Waals surface area contributed by atoms with Crippen molar-refractivity contribution in [1.29, 1.82) is 0 Å². The average Bonchev–Trinajstić information content (AvgIpc) is 2.63. The number of nitrogens with one attached hydrogen (secondary N) is 1. The molecule has 132 valence electrons. The molecule has 0 aliphatic carbocycles. The first-order valence-corrected chi connectivity index (χ1v) is 8.58. The Balaban J connectivity index is 1.61. The van der Waals surface area contributed by atoms with E-state index in [0.717, 1.165) is 22.2 Å². The van der Waals surface area contributed by atoms with E-state index in [1.165, 1.54) is 5.39 Å². The lowest BCUT2D eigenvalue weighted by Crippen LogP contribution is -2.23. The van der Waals surface area contributed by atoms with Gasteiger partial charge in [0, 0.05) is 19.8 Å². The highest BCUT2D eigenvalue weighted by Crippen LogP contribution is 2.17. The summed E-state index contributed by atoms with van der Waals surface area (Å²) in [4.78, 5) is 25.6. The van der Waals surface area contributed by atoms with Gasteiger partial charge >= 0.3 is 0 Å². The van der Waals surface area contributed by atoms with Gasteiger partial charge in [-0.3, -0.25) is 9.59 Å². The number of anilines is 1. The van der Waals surface area contributed by atoms with Gasteiger partial charge in [0.05, 0.1) is 12.8 Å². The van der Waals surface area contributed by atoms with Gasteiger partial charge in [-0.2, -0.15) is 0 Å². The lowest BCUT2D eigenvalue weighted by Gasteiger charge is -2.11. The van der Waals surface area contributed by atoms with E-state index in [9.17, 15) is 9.59 Å². The predicted octanol–water partition coefficient (Wildman–Crippen LogP) is 3.65. The van der Waals surface area contributed by atoms with E-state index in [2.05, 4.69) is 11.4 Å². The highest BCUT2D eigenvalue weighted by molar-refractivity contribution is 5.93. The Labute approximate surface area is 153 Å². The minimum Gasteiger partial charge on any atom is -0.349 e. The van der Waals surface area contributed by atoms with E-state index in [-0.39, 0.29) is 11.8 Å². The Kier molecular flexibility index (Phi) is 5.32. The van der Waals surface area contributed by atoms with Gasteiger partial charge in [-0.25, -0.2) is 0 Å². The first-order valence-electron chi connectivity index (χ1n) is 8.58. The molecular weight excluding hydrogens is 324 g/mol. The minimum absolute atomic E-state index is 0.0538. The van der Waals surface area contributed by atoms with Crippen molar-refractivity contribution in [2.45, 2.75) is 12.8 Å². The molecule has 0 saturated heterocycles. The zero-order valence-corrected chi connectivity index (χ0v) is 15.0. The summed E-state index contributed by atoms with van der Waals surface area (Å²) < 4.78 is 0. The number of rotatable bonds is 5. The number of amides is 2. The van der Waals surface area contributed by atoms with Crippen LogP contribution in [-0.4, -0.2) is 30.8 Å². The highest BCUT2D eigenvalue weighted by atomic mass is 16.2. The molecule has 26 heavy (non-hydrogen) atoms. The number of benzene rings is 3. The van der Waals surface area contributed by atoms with Crippen LogP contribution >= 0.6 is 0 Å². The van der Waals surface area contributed by atoms with Crippen molar-refractivity contribution in [3.05, 3.63) is 77.9 Å². The van der Waals surface area contributed by atoms with Crippen LogP contribution in [0.1, 0.15) is 11.1 Å². The van der Waals surface area contributed by atoms with Crippen LogP contribution in [0.5, 0.6) is 0 Å². The predicted molar refractivity (Wildman–Crippen MR) is 105 cm³/mol. The van der Waals surface area contributed by atoms with E-state index >= 15 is 0 Å². The van der Waals surface area contributed by atoms with E-state index in [4.69, 9.17) is 0 Å². The van der Waals surface area contributed by atoms with Crippen LogP contribution in [0.15, 0.2) is 66.7 Å². The molecule has 0 bridgehead atoms. The van der Waals surface area contributed by atoms with Crippen molar-refractivity contribution in [3.8, 4) is 0 Å². The highest BCUT2D eigenvalue weighted by Gasteiger charge is 2.07. The summed E-state index contributed by atoms with van der Waals surface area (Å²) in [5, 5.41) is 5.21. The maximum atomic E-state index is 12.3. The number of carbonyl (C=O) groups is 2. The maximum absolute atomic E-state index is 12.3. The smallest absolute Gasteiger partial charge is 0.228 e. The fraction of sp³-hybridized carbons (Fsp3) is 0.182. The second kappa shape index (κ2) is 7.83. The van der Waals surface area contributed by atoms with Gasteiger partial charge in [-0.15, -0.1) is 0 Å². The van der Waals surface area contributed by atoms with Crippen LogP contribution in [0, 0.1) is 0 Å². The molecule has 0 saturated carbocycles. The van der Waals surface area contributed by atoms with Crippen molar-refractivity contribution in [3.63, 3.8) is 0 Å². The van der Waals surface area contributed by atoms with Gasteiger partial charge in [0.15, 0.2) is 0 Å². The van der Waals surface area contributed by atoms with E-state index in [1.54, 1.807) is 19.0 Å². The summed E-state index contributed by atoms with van der Waals surface area (Å²) in [6.07, 6.45) is 0.685.